The molecule has 4 nitrogen and oxygen atoms in total. The van der Waals surface area contributed by atoms with E-state index in [4.69, 9.17) is 0 Å². The molecule has 0 spiro atoms. The molecule has 2 heterocycles. The smallest absolute Gasteiger partial charge is 0.279 e. The number of rotatable bonds is 4. The first-order valence-corrected chi connectivity index (χ1v) is 7.75. The van der Waals surface area contributed by atoms with Crippen LogP contribution in [0.5, 0.6) is 0 Å². The average Bonchev–Trinajstić information content (AvgIpc) is 3.11. The zero-order valence-electron chi connectivity index (χ0n) is 13.0. The number of amides is 1. The molecule has 3 rings (SSSR count). The first-order valence-electron chi connectivity index (χ1n) is 7.75. The molecular formula is C17H20F2N3O+. The summed E-state index contributed by atoms with van der Waals surface area (Å²) in [6.07, 6.45) is 4.06. The number of carbonyl (C=O) groups is 1. The number of quaternary nitrogens is 1. The first kappa shape index (κ1) is 15.7. The highest BCUT2D eigenvalue weighted by molar-refractivity contribution is 5.91. The molecule has 1 aliphatic heterocycles. The minimum atomic E-state index is -0.629. The van der Waals surface area contributed by atoms with Gasteiger partial charge in [-0.2, -0.15) is 0 Å². The number of nitrogens with one attached hydrogen (secondary N) is 2. The third-order valence-corrected chi connectivity index (χ3v) is 4.41. The van der Waals surface area contributed by atoms with Gasteiger partial charge in [0.2, 0.25) is 0 Å². The summed E-state index contributed by atoms with van der Waals surface area (Å²) in [4.78, 5) is 13.4. The summed E-state index contributed by atoms with van der Waals surface area (Å²) in [5.41, 5.74) is 1.09. The number of hydrogen-bond acceptors (Lipinski definition) is 1. The SMILES string of the molecule is Cn1cccc1[C@@H]1CCC[NH+]1CC(=O)Nc1cc(F)ccc1F. The van der Waals surface area contributed by atoms with Crippen LogP contribution in [-0.2, 0) is 11.8 Å². The Morgan fingerprint density at radius 3 is 2.96 bits per heavy atom. The molecule has 0 saturated carbocycles. The van der Waals surface area contributed by atoms with Crippen LogP contribution in [-0.4, -0.2) is 23.6 Å². The average molecular weight is 320 g/mol. The Hall–Kier alpha value is -2.21. The Labute approximate surface area is 133 Å². The second-order valence-electron chi connectivity index (χ2n) is 6.00. The Kier molecular flexibility index (Phi) is 4.43. The lowest BCUT2D eigenvalue weighted by Crippen LogP contribution is -3.11. The summed E-state index contributed by atoms with van der Waals surface area (Å²) in [6, 6.07) is 7.37. The predicted molar refractivity (Wildman–Crippen MR) is 83.1 cm³/mol. The van der Waals surface area contributed by atoms with Gasteiger partial charge < -0.3 is 14.8 Å². The first-order chi connectivity index (χ1) is 11.0. The zero-order valence-corrected chi connectivity index (χ0v) is 13.0. The van der Waals surface area contributed by atoms with Crippen molar-refractivity contribution in [1.82, 2.24) is 4.57 Å². The summed E-state index contributed by atoms with van der Waals surface area (Å²) in [5, 5.41) is 2.48. The molecule has 1 unspecified atom stereocenters. The standard InChI is InChI=1S/C17H19F2N3O/c1-21-8-2-4-15(21)16-5-3-9-22(16)11-17(23)20-14-10-12(18)6-7-13(14)19/h2,4,6-8,10,16H,3,5,9,11H2,1H3,(H,20,23)/p+1/t16-/m0/s1. The van der Waals surface area contributed by atoms with Gasteiger partial charge in [-0.15, -0.1) is 0 Å². The van der Waals surface area contributed by atoms with Gasteiger partial charge >= 0.3 is 0 Å². The van der Waals surface area contributed by atoms with Crippen LogP contribution in [0.15, 0.2) is 36.5 Å². The molecule has 2 N–H and O–H groups in total. The fourth-order valence-electron chi connectivity index (χ4n) is 3.31. The minimum Gasteiger partial charge on any atom is -0.350 e. The summed E-state index contributed by atoms with van der Waals surface area (Å²) in [7, 11) is 1.99. The molecule has 122 valence electrons. The number of anilines is 1. The molecule has 1 aliphatic rings. The van der Waals surface area contributed by atoms with Crippen LogP contribution in [0.1, 0.15) is 24.6 Å². The lowest BCUT2D eigenvalue weighted by molar-refractivity contribution is -0.910. The van der Waals surface area contributed by atoms with E-state index >= 15 is 0 Å². The van der Waals surface area contributed by atoms with Gasteiger partial charge in [0.05, 0.1) is 17.9 Å². The van der Waals surface area contributed by atoms with Gasteiger partial charge in [-0.1, -0.05) is 0 Å². The van der Waals surface area contributed by atoms with Crippen molar-refractivity contribution in [2.45, 2.75) is 18.9 Å². The summed E-state index contributed by atoms with van der Waals surface area (Å²) < 4.78 is 28.8. The highest BCUT2D eigenvalue weighted by Gasteiger charge is 2.33. The highest BCUT2D eigenvalue weighted by Crippen LogP contribution is 2.19. The highest BCUT2D eigenvalue weighted by atomic mass is 19.1. The number of hydrogen-bond donors (Lipinski definition) is 2. The van der Waals surface area contributed by atoms with E-state index in [0.29, 0.717) is 0 Å². The predicted octanol–water partition coefficient (Wildman–Crippen LogP) is 1.66. The Bertz CT molecular complexity index is 714. The zero-order chi connectivity index (χ0) is 16.4. The quantitative estimate of drug-likeness (QED) is 0.883. The van der Waals surface area contributed by atoms with Crippen LogP contribution in [0.2, 0.25) is 0 Å². The van der Waals surface area contributed by atoms with E-state index in [-0.39, 0.29) is 24.2 Å². The summed E-state index contributed by atoms with van der Waals surface area (Å²) in [5.74, 6) is -1.50. The Morgan fingerprint density at radius 1 is 1.39 bits per heavy atom. The van der Waals surface area contributed by atoms with Gasteiger partial charge in [0.1, 0.15) is 17.7 Å². The lowest BCUT2D eigenvalue weighted by Gasteiger charge is -2.21. The Morgan fingerprint density at radius 2 is 2.22 bits per heavy atom. The van der Waals surface area contributed by atoms with E-state index in [2.05, 4.69) is 16.0 Å². The fourth-order valence-corrected chi connectivity index (χ4v) is 3.31. The molecule has 1 fully saturated rings. The Balaban J connectivity index is 1.67. The van der Waals surface area contributed by atoms with Crippen molar-refractivity contribution < 1.29 is 18.5 Å². The van der Waals surface area contributed by atoms with Crippen molar-refractivity contribution in [2.75, 3.05) is 18.4 Å². The molecule has 6 heteroatoms. The second kappa shape index (κ2) is 6.50. The van der Waals surface area contributed by atoms with Crippen molar-refractivity contribution in [3.8, 4) is 0 Å². The van der Waals surface area contributed by atoms with Crippen LogP contribution >= 0.6 is 0 Å². The van der Waals surface area contributed by atoms with Crippen LogP contribution < -0.4 is 10.2 Å². The molecule has 23 heavy (non-hydrogen) atoms. The molecule has 0 radical (unpaired) electrons. The number of carbonyl (C=O) groups excluding carboxylic acids is 1. The van der Waals surface area contributed by atoms with Crippen LogP contribution in [0.3, 0.4) is 0 Å². The second-order valence-corrected chi connectivity index (χ2v) is 6.00. The lowest BCUT2D eigenvalue weighted by atomic mass is 10.1. The monoisotopic (exact) mass is 320 g/mol. The van der Waals surface area contributed by atoms with Crippen molar-refractivity contribution in [3.63, 3.8) is 0 Å². The maximum atomic E-state index is 13.6. The summed E-state index contributed by atoms with van der Waals surface area (Å²) >= 11 is 0. The number of aromatic nitrogens is 1. The van der Waals surface area contributed by atoms with E-state index in [9.17, 15) is 13.6 Å². The number of benzene rings is 1. The third-order valence-electron chi connectivity index (χ3n) is 4.41. The van der Waals surface area contributed by atoms with E-state index < -0.39 is 11.6 Å². The summed E-state index contributed by atoms with van der Waals surface area (Å²) in [6.45, 7) is 1.14. The van der Waals surface area contributed by atoms with Crippen molar-refractivity contribution in [2.24, 2.45) is 7.05 Å². The number of halogens is 2. The van der Waals surface area contributed by atoms with Crippen molar-refractivity contribution in [1.29, 1.82) is 0 Å². The van der Waals surface area contributed by atoms with Gasteiger partial charge in [0.15, 0.2) is 6.54 Å². The van der Waals surface area contributed by atoms with Gasteiger partial charge in [-0.3, -0.25) is 4.79 Å². The molecule has 1 saturated heterocycles. The molecule has 1 aromatic heterocycles. The maximum absolute atomic E-state index is 13.6. The van der Waals surface area contributed by atoms with Gasteiger partial charge in [0.25, 0.3) is 5.91 Å². The van der Waals surface area contributed by atoms with Gasteiger partial charge in [0, 0.05) is 32.2 Å². The molecule has 0 aliphatic carbocycles. The molecule has 2 aromatic rings. The van der Waals surface area contributed by atoms with E-state index in [1.165, 1.54) is 5.69 Å². The van der Waals surface area contributed by atoms with Gasteiger partial charge in [-0.05, 0) is 24.3 Å². The molecular weight excluding hydrogens is 300 g/mol. The van der Waals surface area contributed by atoms with Crippen LogP contribution in [0, 0.1) is 11.6 Å². The molecule has 0 bridgehead atoms. The van der Waals surface area contributed by atoms with Crippen LogP contribution in [0.4, 0.5) is 14.5 Å². The molecule has 2 atom stereocenters. The maximum Gasteiger partial charge on any atom is 0.279 e. The largest absolute Gasteiger partial charge is 0.350 e. The van der Waals surface area contributed by atoms with Gasteiger partial charge in [-0.25, -0.2) is 8.78 Å². The normalized spacial score (nSPS) is 20.7. The van der Waals surface area contributed by atoms with E-state index in [1.807, 2.05) is 19.3 Å². The fraction of sp³-hybridized carbons (Fsp3) is 0.353. The topological polar surface area (TPSA) is 38.5 Å². The molecule has 1 amide bonds. The number of aryl methyl sites for hydroxylation is 1. The third kappa shape index (κ3) is 3.42. The van der Waals surface area contributed by atoms with E-state index in [1.54, 1.807) is 0 Å². The number of likely N-dealkylation sites (tertiary alicyclic amines) is 1. The number of nitrogens with zero attached hydrogens (tertiary/aromatic N) is 1. The van der Waals surface area contributed by atoms with E-state index in [0.717, 1.165) is 42.5 Å². The van der Waals surface area contributed by atoms with Crippen molar-refractivity contribution in [3.05, 3.63) is 53.9 Å². The van der Waals surface area contributed by atoms with Crippen LogP contribution in [0.25, 0.3) is 0 Å². The molecule has 1 aromatic carbocycles. The minimum absolute atomic E-state index is 0.107. The van der Waals surface area contributed by atoms with Crippen molar-refractivity contribution >= 4 is 11.6 Å².